The van der Waals surface area contributed by atoms with Crippen LogP contribution in [0.4, 0.5) is 0 Å². The Kier molecular flexibility index (Phi) is 6.69. The number of rotatable bonds is 8. The minimum absolute atomic E-state index is 0.191. The van der Waals surface area contributed by atoms with E-state index in [0.29, 0.717) is 12.3 Å². The number of hydrogen-bond acceptors (Lipinski definition) is 4. The van der Waals surface area contributed by atoms with Gasteiger partial charge in [-0.3, -0.25) is 9.69 Å². The Balaban J connectivity index is 1.35. The summed E-state index contributed by atoms with van der Waals surface area (Å²) < 4.78 is 5.93. The number of carbonyl (C=O) groups is 1. The number of likely N-dealkylation sites (tertiary alicyclic amines) is 1. The van der Waals surface area contributed by atoms with Crippen LogP contribution in [-0.4, -0.2) is 56.0 Å². The molecule has 1 aliphatic rings. The van der Waals surface area contributed by atoms with Gasteiger partial charge in [0.05, 0.1) is 6.54 Å². The number of carbonyl (C=O) groups excluding carboxylic acids is 1. The van der Waals surface area contributed by atoms with E-state index in [0.717, 1.165) is 50.5 Å². The number of para-hydroxylation sites is 1. The molecule has 0 radical (unpaired) electrons. The number of benzene rings is 1. The number of furan rings is 1. The van der Waals surface area contributed by atoms with Crippen molar-refractivity contribution in [3.63, 3.8) is 0 Å². The molecule has 1 fully saturated rings. The van der Waals surface area contributed by atoms with Crippen molar-refractivity contribution in [2.45, 2.75) is 32.2 Å². The van der Waals surface area contributed by atoms with E-state index in [-0.39, 0.29) is 5.91 Å². The van der Waals surface area contributed by atoms with Crippen LogP contribution in [0.25, 0.3) is 11.0 Å². The third kappa shape index (κ3) is 5.58. The molecule has 1 amide bonds. The predicted molar refractivity (Wildman–Crippen MR) is 105 cm³/mol. The quantitative estimate of drug-likeness (QED) is 0.789. The van der Waals surface area contributed by atoms with Crippen molar-refractivity contribution in [2.24, 2.45) is 5.92 Å². The SMILES string of the molecule is CN(C)CCNC(=O)CCC1CCN(Cc2cc3ccccc3o2)CC1. The van der Waals surface area contributed by atoms with Gasteiger partial charge in [0.2, 0.25) is 5.91 Å². The van der Waals surface area contributed by atoms with E-state index in [9.17, 15) is 4.79 Å². The van der Waals surface area contributed by atoms with Crippen LogP contribution in [0.5, 0.6) is 0 Å². The lowest BCUT2D eigenvalue weighted by molar-refractivity contribution is -0.121. The molecular weight excluding hydrogens is 326 g/mol. The number of likely N-dealkylation sites (N-methyl/N-ethyl adjacent to an activating group) is 1. The molecule has 142 valence electrons. The lowest BCUT2D eigenvalue weighted by Crippen LogP contribution is -2.34. The summed E-state index contributed by atoms with van der Waals surface area (Å²) >= 11 is 0. The molecule has 0 atom stereocenters. The molecular formula is C21H31N3O2. The number of amides is 1. The maximum absolute atomic E-state index is 11.9. The number of piperidine rings is 1. The first-order valence-electron chi connectivity index (χ1n) is 9.71. The topological polar surface area (TPSA) is 48.7 Å². The van der Waals surface area contributed by atoms with Gasteiger partial charge in [0.15, 0.2) is 0 Å². The number of nitrogens with zero attached hydrogens (tertiary/aromatic N) is 2. The summed E-state index contributed by atoms with van der Waals surface area (Å²) in [6.45, 7) is 4.69. The van der Waals surface area contributed by atoms with Crippen LogP contribution in [0.1, 0.15) is 31.4 Å². The molecule has 1 N–H and O–H groups in total. The van der Waals surface area contributed by atoms with E-state index in [1.807, 2.05) is 32.3 Å². The summed E-state index contributed by atoms with van der Waals surface area (Å²) in [5.74, 6) is 1.91. The van der Waals surface area contributed by atoms with Crippen molar-refractivity contribution in [1.82, 2.24) is 15.1 Å². The highest BCUT2D eigenvalue weighted by Gasteiger charge is 2.20. The van der Waals surface area contributed by atoms with Crippen LogP contribution in [0.2, 0.25) is 0 Å². The molecule has 0 spiro atoms. The molecule has 0 saturated carbocycles. The van der Waals surface area contributed by atoms with Gasteiger partial charge in [0.1, 0.15) is 11.3 Å². The maximum atomic E-state index is 11.9. The second kappa shape index (κ2) is 9.19. The molecule has 5 nitrogen and oxygen atoms in total. The van der Waals surface area contributed by atoms with Crippen molar-refractivity contribution in [3.8, 4) is 0 Å². The molecule has 0 aliphatic carbocycles. The summed E-state index contributed by atoms with van der Waals surface area (Å²) in [5, 5.41) is 4.18. The Morgan fingerprint density at radius 1 is 1.27 bits per heavy atom. The Bertz CT molecular complexity index is 669. The van der Waals surface area contributed by atoms with Gasteiger partial charge in [-0.1, -0.05) is 18.2 Å². The Morgan fingerprint density at radius 2 is 2.04 bits per heavy atom. The zero-order valence-electron chi connectivity index (χ0n) is 16.0. The summed E-state index contributed by atoms with van der Waals surface area (Å²) in [7, 11) is 4.04. The zero-order valence-corrected chi connectivity index (χ0v) is 16.0. The highest BCUT2D eigenvalue weighted by atomic mass is 16.3. The van der Waals surface area contributed by atoms with E-state index >= 15 is 0 Å². The molecule has 0 unspecified atom stereocenters. The molecule has 1 aromatic heterocycles. The van der Waals surface area contributed by atoms with Crippen LogP contribution in [0.15, 0.2) is 34.7 Å². The molecule has 3 rings (SSSR count). The third-order valence-corrected chi connectivity index (χ3v) is 5.22. The largest absolute Gasteiger partial charge is 0.460 e. The molecule has 5 heteroatoms. The van der Waals surface area contributed by atoms with Crippen molar-refractivity contribution >= 4 is 16.9 Å². The Morgan fingerprint density at radius 3 is 2.77 bits per heavy atom. The second-order valence-electron chi connectivity index (χ2n) is 7.66. The van der Waals surface area contributed by atoms with E-state index in [2.05, 4.69) is 27.2 Å². The summed E-state index contributed by atoms with van der Waals surface area (Å²) in [6.07, 6.45) is 4.00. The first-order valence-corrected chi connectivity index (χ1v) is 9.71. The van der Waals surface area contributed by atoms with Gasteiger partial charge < -0.3 is 14.6 Å². The highest BCUT2D eigenvalue weighted by Crippen LogP contribution is 2.25. The van der Waals surface area contributed by atoms with Crippen molar-refractivity contribution in [3.05, 3.63) is 36.1 Å². The number of fused-ring (bicyclic) bond motifs is 1. The number of hydrogen-bond donors (Lipinski definition) is 1. The van der Waals surface area contributed by atoms with Gasteiger partial charge in [-0.05, 0) is 64.5 Å². The molecule has 1 aliphatic heterocycles. The molecule has 2 heterocycles. The van der Waals surface area contributed by atoms with Gasteiger partial charge in [0, 0.05) is 24.9 Å². The monoisotopic (exact) mass is 357 g/mol. The van der Waals surface area contributed by atoms with Gasteiger partial charge >= 0.3 is 0 Å². The van der Waals surface area contributed by atoms with E-state index < -0.39 is 0 Å². The van der Waals surface area contributed by atoms with Crippen LogP contribution >= 0.6 is 0 Å². The zero-order chi connectivity index (χ0) is 18.4. The van der Waals surface area contributed by atoms with Crippen molar-refractivity contribution in [2.75, 3.05) is 40.3 Å². The standard InChI is InChI=1S/C21H31N3O2/c1-23(2)14-11-22-21(25)8-7-17-9-12-24(13-10-17)16-19-15-18-5-3-4-6-20(18)26-19/h3-6,15,17H,7-14,16H2,1-2H3,(H,22,25). The molecule has 1 saturated heterocycles. The van der Waals surface area contributed by atoms with Gasteiger partial charge in [-0.25, -0.2) is 0 Å². The molecule has 2 aromatic rings. The van der Waals surface area contributed by atoms with Crippen molar-refractivity contribution in [1.29, 1.82) is 0 Å². The summed E-state index contributed by atoms with van der Waals surface area (Å²) in [5.41, 5.74) is 0.970. The van der Waals surface area contributed by atoms with E-state index in [1.54, 1.807) is 0 Å². The maximum Gasteiger partial charge on any atom is 0.220 e. The highest BCUT2D eigenvalue weighted by molar-refractivity contribution is 5.77. The van der Waals surface area contributed by atoms with Crippen LogP contribution in [0.3, 0.4) is 0 Å². The van der Waals surface area contributed by atoms with E-state index in [1.165, 1.54) is 18.2 Å². The van der Waals surface area contributed by atoms with Gasteiger partial charge in [-0.15, -0.1) is 0 Å². The normalized spacial score (nSPS) is 16.4. The Hall–Kier alpha value is -1.85. The third-order valence-electron chi connectivity index (χ3n) is 5.22. The van der Waals surface area contributed by atoms with Crippen LogP contribution < -0.4 is 5.32 Å². The fourth-order valence-corrected chi connectivity index (χ4v) is 3.61. The fraction of sp³-hybridized carbons (Fsp3) is 0.571. The Labute approximate surface area is 156 Å². The lowest BCUT2D eigenvalue weighted by Gasteiger charge is -2.31. The average Bonchev–Trinajstić information content (AvgIpc) is 3.03. The minimum atomic E-state index is 0.191. The van der Waals surface area contributed by atoms with Crippen LogP contribution in [-0.2, 0) is 11.3 Å². The number of nitrogens with one attached hydrogen (secondary N) is 1. The second-order valence-corrected chi connectivity index (χ2v) is 7.66. The van der Waals surface area contributed by atoms with Crippen LogP contribution in [0, 0.1) is 5.92 Å². The lowest BCUT2D eigenvalue weighted by atomic mass is 9.92. The van der Waals surface area contributed by atoms with Gasteiger partial charge in [0.25, 0.3) is 0 Å². The van der Waals surface area contributed by atoms with Gasteiger partial charge in [-0.2, -0.15) is 0 Å². The molecule has 26 heavy (non-hydrogen) atoms. The smallest absolute Gasteiger partial charge is 0.220 e. The first kappa shape index (κ1) is 18.9. The first-order chi connectivity index (χ1) is 12.6. The fourth-order valence-electron chi connectivity index (χ4n) is 3.61. The van der Waals surface area contributed by atoms with E-state index in [4.69, 9.17) is 4.42 Å². The summed E-state index contributed by atoms with van der Waals surface area (Å²) in [6, 6.07) is 10.3. The van der Waals surface area contributed by atoms with Crippen molar-refractivity contribution < 1.29 is 9.21 Å². The summed E-state index contributed by atoms with van der Waals surface area (Å²) in [4.78, 5) is 16.5. The minimum Gasteiger partial charge on any atom is -0.460 e. The average molecular weight is 357 g/mol. The molecule has 0 bridgehead atoms. The predicted octanol–water partition coefficient (Wildman–Crippen LogP) is 3.10. The molecule has 1 aromatic carbocycles.